The van der Waals surface area contributed by atoms with E-state index in [1.54, 1.807) is 16.7 Å². The summed E-state index contributed by atoms with van der Waals surface area (Å²) in [7, 11) is 0. The lowest BCUT2D eigenvalue weighted by molar-refractivity contribution is 0.558. The van der Waals surface area contributed by atoms with Gasteiger partial charge in [0, 0.05) is 0 Å². The summed E-state index contributed by atoms with van der Waals surface area (Å²) < 4.78 is 0. The minimum absolute atomic E-state index is 1.14. The summed E-state index contributed by atoms with van der Waals surface area (Å²) in [6.07, 6.45) is 22.3. The molecule has 0 bridgehead atoms. The first-order valence-corrected chi connectivity index (χ1v) is 10.8. The fourth-order valence-electron chi connectivity index (χ4n) is 4.05. The average molecular weight is 339 g/mol. The molecule has 25 heavy (non-hydrogen) atoms. The van der Waals surface area contributed by atoms with E-state index < -0.39 is 0 Å². The summed E-state index contributed by atoms with van der Waals surface area (Å²) >= 11 is 0. The Morgan fingerprint density at radius 2 is 1.48 bits per heavy atom. The van der Waals surface area contributed by atoms with E-state index in [4.69, 9.17) is 0 Å². The molecule has 0 spiro atoms. The third kappa shape index (κ3) is 6.84. The third-order valence-corrected chi connectivity index (χ3v) is 5.55. The molecule has 138 valence electrons. The maximum Gasteiger partial charge on any atom is -0.00519 e. The molecule has 0 unspecified atom stereocenters. The Bertz CT molecular complexity index is 547. The van der Waals surface area contributed by atoms with Crippen LogP contribution in [0.1, 0.15) is 102 Å². The van der Waals surface area contributed by atoms with Crippen LogP contribution in [0.25, 0.3) is 5.57 Å². The van der Waals surface area contributed by atoms with Crippen molar-refractivity contribution in [2.45, 2.75) is 97.3 Å². The van der Waals surface area contributed by atoms with E-state index in [2.05, 4.69) is 50.3 Å². The van der Waals surface area contributed by atoms with Crippen molar-refractivity contribution in [3.8, 4) is 0 Å². The van der Waals surface area contributed by atoms with Crippen molar-refractivity contribution in [2.75, 3.05) is 0 Å². The van der Waals surface area contributed by atoms with Gasteiger partial charge in [-0.2, -0.15) is 0 Å². The Morgan fingerprint density at radius 3 is 2.16 bits per heavy atom. The van der Waals surface area contributed by atoms with Crippen LogP contribution in [0.5, 0.6) is 0 Å². The maximum absolute atomic E-state index is 2.34. The van der Waals surface area contributed by atoms with Crippen molar-refractivity contribution in [1.29, 1.82) is 0 Å². The fraction of sp³-hybridized carbons (Fsp3) is 0.600. The molecule has 0 heteroatoms. The summed E-state index contributed by atoms with van der Waals surface area (Å²) in [6, 6.07) is 9.05. The molecule has 0 saturated heterocycles. The third-order valence-electron chi connectivity index (χ3n) is 5.55. The van der Waals surface area contributed by atoms with Crippen LogP contribution in [-0.2, 0) is 6.42 Å². The predicted octanol–water partition coefficient (Wildman–Crippen LogP) is 8.27. The van der Waals surface area contributed by atoms with E-state index >= 15 is 0 Å². The van der Waals surface area contributed by atoms with E-state index in [-0.39, 0.29) is 0 Å². The largest absolute Gasteiger partial charge is 0.0913 e. The second-order valence-corrected chi connectivity index (χ2v) is 7.62. The van der Waals surface area contributed by atoms with Crippen molar-refractivity contribution < 1.29 is 0 Å². The normalized spacial score (nSPS) is 13.8. The van der Waals surface area contributed by atoms with Gasteiger partial charge in [-0.3, -0.25) is 0 Å². The Labute approximate surface area is 156 Å². The quantitative estimate of drug-likeness (QED) is 0.251. The Morgan fingerprint density at radius 1 is 0.840 bits per heavy atom. The van der Waals surface area contributed by atoms with Gasteiger partial charge < -0.3 is 0 Å². The van der Waals surface area contributed by atoms with Crippen LogP contribution < -0.4 is 0 Å². The molecule has 1 aliphatic carbocycles. The van der Waals surface area contributed by atoms with Crippen molar-refractivity contribution in [3.05, 3.63) is 53.1 Å². The van der Waals surface area contributed by atoms with Gasteiger partial charge in [-0.25, -0.2) is 0 Å². The molecule has 0 heterocycles. The van der Waals surface area contributed by atoms with Crippen LogP contribution in [0.4, 0.5) is 0 Å². The van der Waals surface area contributed by atoms with Crippen LogP contribution in [0.15, 0.2) is 42.0 Å². The zero-order valence-corrected chi connectivity index (χ0v) is 16.7. The van der Waals surface area contributed by atoms with Crippen LogP contribution >= 0.6 is 0 Å². The lowest BCUT2D eigenvalue weighted by Crippen LogP contribution is -1.87. The summed E-state index contributed by atoms with van der Waals surface area (Å²) in [4.78, 5) is 0. The SMILES string of the molecule is C/C=C/CC1=C(CCCCCCCCCCCC)c2ccccc2C1. The molecule has 0 radical (unpaired) electrons. The molecule has 1 aliphatic rings. The van der Waals surface area contributed by atoms with E-state index in [0.29, 0.717) is 0 Å². The first kappa shape index (κ1) is 20.0. The topological polar surface area (TPSA) is 0 Å². The van der Waals surface area contributed by atoms with Crippen LogP contribution in [0, 0.1) is 0 Å². The molecule has 0 amide bonds. The minimum Gasteiger partial charge on any atom is -0.0913 e. The Kier molecular flexibility index (Phi) is 9.70. The minimum atomic E-state index is 1.14. The molecule has 2 rings (SSSR count). The number of hydrogen-bond acceptors (Lipinski definition) is 0. The van der Waals surface area contributed by atoms with Crippen molar-refractivity contribution in [1.82, 2.24) is 0 Å². The van der Waals surface area contributed by atoms with E-state index in [9.17, 15) is 0 Å². The smallest absolute Gasteiger partial charge is 0.00519 e. The lowest BCUT2D eigenvalue weighted by Gasteiger charge is -2.08. The predicted molar refractivity (Wildman–Crippen MR) is 113 cm³/mol. The highest BCUT2D eigenvalue weighted by Crippen LogP contribution is 2.37. The van der Waals surface area contributed by atoms with Crippen LogP contribution in [-0.4, -0.2) is 0 Å². The van der Waals surface area contributed by atoms with Crippen molar-refractivity contribution >= 4 is 5.57 Å². The Hall–Kier alpha value is -1.30. The average Bonchev–Trinajstić information content (AvgIpc) is 2.99. The van der Waals surface area contributed by atoms with E-state index in [1.165, 1.54) is 82.6 Å². The fourth-order valence-corrected chi connectivity index (χ4v) is 4.05. The number of benzene rings is 1. The zero-order chi connectivity index (χ0) is 17.7. The van der Waals surface area contributed by atoms with E-state index in [0.717, 1.165) is 6.42 Å². The highest BCUT2D eigenvalue weighted by atomic mass is 14.2. The summed E-state index contributed by atoms with van der Waals surface area (Å²) in [5.74, 6) is 0. The van der Waals surface area contributed by atoms with Gasteiger partial charge in [0.25, 0.3) is 0 Å². The number of unbranched alkanes of at least 4 members (excludes halogenated alkanes) is 9. The van der Waals surface area contributed by atoms with Gasteiger partial charge in [0.05, 0.1) is 0 Å². The van der Waals surface area contributed by atoms with Gasteiger partial charge in [-0.05, 0) is 49.3 Å². The number of rotatable bonds is 13. The number of hydrogen-bond donors (Lipinski definition) is 0. The van der Waals surface area contributed by atoms with Crippen molar-refractivity contribution in [3.63, 3.8) is 0 Å². The lowest BCUT2D eigenvalue weighted by atomic mass is 9.97. The molecule has 0 atom stereocenters. The molecular weight excluding hydrogens is 300 g/mol. The highest BCUT2D eigenvalue weighted by molar-refractivity contribution is 5.76. The van der Waals surface area contributed by atoms with Gasteiger partial charge in [-0.1, -0.05) is 107 Å². The molecule has 0 aliphatic heterocycles. The van der Waals surface area contributed by atoms with Crippen molar-refractivity contribution in [2.24, 2.45) is 0 Å². The molecule has 0 fully saturated rings. The van der Waals surface area contributed by atoms with Gasteiger partial charge in [-0.15, -0.1) is 0 Å². The summed E-state index contributed by atoms with van der Waals surface area (Å²) in [5.41, 5.74) is 6.41. The monoisotopic (exact) mass is 338 g/mol. The molecular formula is C25H38. The van der Waals surface area contributed by atoms with Gasteiger partial charge >= 0.3 is 0 Å². The second kappa shape index (κ2) is 12.1. The molecule has 0 aromatic heterocycles. The molecule has 0 N–H and O–H groups in total. The van der Waals surface area contributed by atoms with Crippen LogP contribution in [0.3, 0.4) is 0 Å². The molecule has 1 aromatic rings. The zero-order valence-electron chi connectivity index (χ0n) is 16.7. The van der Waals surface area contributed by atoms with E-state index in [1.807, 2.05) is 0 Å². The highest BCUT2D eigenvalue weighted by Gasteiger charge is 2.19. The van der Waals surface area contributed by atoms with Gasteiger partial charge in [0.2, 0.25) is 0 Å². The number of fused-ring (bicyclic) bond motifs is 1. The molecule has 1 aromatic carbocycles. The number of allylic oxidation sites excluding steroid dienone is 4. The second-order valence-electron chi connectivity index (χ2n) is 7.62. The molecule has 0 nitrogen and oxygen atoms in total. The maximum atomic E-state index is 2.34. The van der Waals surface area contributed by atoms with Gasteiger partial charge in [0.1, 0.15) is 0 Å². The standard InChI is InChI=1S/C25H38/c1-3-5-7-8-9-10-11-12-13-14-19-24-22(17-6-4-2)21-23-18-15-16-20-25(23)24/h4,6,15-16,18,20H,3,5,7-14,17,19,21H2,1-2H3/b6-4+. The summed E-state index contributed by atoms with van der Waals surface area (Å²) in [6.45, 7) is 4.42. The van der Waals surface area contributed by atoms with Crippen LogP contribution in [0.2, 0.25) is 0 Å². The summed E-state index contributed by atoms with van der Waals surface area (Å²) in [5, 5.41) is 0. The van der Waals surface area contributed by atoms with Gasteiger partial charge in [0.15, 0.2) is 0 Å². The molecule has 0 saturated carbocycles. The Balaban J connectivity index is 1.69. The first-order valence-electron chi connectivity index (χ1n) is 10.8. The first-order chi connectivity index (χ1) is 12.4.